The van der Waals surface area contributed by atoms with Crippen molar-refractivity contribution in [1.82, 2.24) is 9.78 Å². The molecular formula is C27H39N3O3. The quantitative estimate of drug-likeness (QED) is 0.440. The second-order valence-corrected chi connectivity index (χ2v) is 9.35. The standard InChI is InChI=1S/C27H39N3O3/c1-6-9-20(5)30(26(31)22-14-10-19(4)11-15-22)25-24(27(32)33-8-3)18-29(28-25)23-16-12-21(7-2)13-17-23/h12-13,16-20,22H,6-11,14-15H2,1-5H3. The lowest BCUT2D eigenvalue weighted by Gasteiger charge is -2.34. The summed E-state index contributed by atoms with van der Waals surface area (Å²) in [7, 11) is 0. The SMILES string of the molecule is CCCC(C)N(C(=O)C1CCC(C)CC1)c1nn(-c2ccc(CC)cc2)cc1C(=O)OCC. The Hall–Kier alpha value is -2.63. The molecule has 1 unspecified atom stereocenters. The van der Waals surface area contributed by atoms with E-state index in [-0.39, 0.29) is 24.5 Å². The topological polar surface area (TPSA) is 64.4 Å². The van der Waals surface area contributed by atoms with Gasteiger partial charge < -0.3 is 4.74 Å². The summed E-state index contributed by atoms with van der Waals surface area (Å²) in [4.78, 5) is 28.5. The van der Waals surface area contributed by atoms with Crippen LogP contribution >= 0.6 is 0 Å². The molecule has 1 amide bonds. The van der Waals surface area contributed by atoms with E-state index in [2.05, 4.69) is 39.8 Å². The molecule has 1 atom stereocenters. The minimum atomic E-state index is -0.442. The Morgan fingerprint density at radius 1 is 1.12 bits per heavy atom. The number of amides is 1. The maximum atomic E-state index is 13.8. The van der Waals surface area contributed by atoms with Gasteiger partial charge in [-0.05, 0) is 76.0 Å². The molecule has 6 heteroatoms. The lowest BCUT2D eigenvalue weighted by molar-refractivity contribution is -0.124. The van der Waals surface area contributed by atoms with Crippen LogP contribution in [0.5, 0.6) is 0 Å². The number of ether oxygens (including phenoxy) is 1. The van der Waals surface area contributed by atoms with Crippen molar-refractivity contribution < 1.29 is 14.3 Å². The highest BCUT2D eigenvalue weighted by molar-refractivity contribution is 6.02. The number of benzene rings is 1. The highest BCUT2D eigenvalue weighted by atomic mass is 16.5. The average molecular weight is 454 g/mol. The smallest absolute Gasteiger partial charge is 0.343 e. The van der Waals surface area contributed by atoms with Crippen LogP contribution in [0.3, 0.4) is 0 Å². The van der Waals surface area contributed by atoms with Crippen LogP contribution < -0.4 is 4.90 Å². The molecule has 1 aliphatic rings. The fourth-order valence-electron chi connectivity index (χ4n) is 4.69. The van der Waals surface area contributed by atoms with E-state index in [1.54, 1.807) is 22.7 Å². The number of hydrogen-bond acceptors (Lipinski definition) is 4. The van der Waals surface area contributed by atoms with Crippen molar-refractivity contribution in [3.63, 3.8) is 0 Å². The highest BCUT2D eigenvalue weighted by Crippen LogP contribution is 2.33. The highest BCUT2D eigenvalue weighted by Gasteiger charge is 2.35. The van der Waals surface area contributed by atoms with Gasteiger partial charge in [-0.1, -0.05) is 39.3 Å². The summed E-state index contributed by atoms with van der Waals surface area (Å²) in [5.74, 6) is 0.695. The van der Waals surface area contributed by atoms with Gasteiger partial charge in [0.05, 0.1) is 12.3 Å². The molecule has 1 aliphatic carbocycles. The molecule has 33 heavy (non-hydrogen) atoms. The van der Waals surface area contributed by atoms with Gasteiger partial charge in [0, 0.05) is 18.2 Å². The number of aromatic nitrogens is 2. The molecule has 6 nitrogen and oxygen atoms in total. The third-order valence-electron chi connectivity index (χ3n) is 6.78. The van der Waals surface area contributed by atoms with Crippen molar-refractivity contribution >= 4 is 17.7 Å². The van der Waals surface area contributed by atoms with Crippen molar-refractivity contribution in [1.29, 1.82) is 0 Å². The Bertz CT molecular complexity index is 927. The minimum Gasteiger partial charge on any atom is -0.462 e. The molecule has 0 radical (unpaired) electrons. The summed E-state index contributed by atoms with van der Waals surface area (Å²) in [5.41, 5.74) is 2.43. The maximum absolute atomic E-state index is 13.8. The van der Waals surface area contributed by atoms with E-state index in [0.29, 0.717) is 17.3 Å². The van der Waals surface area contributed by atoms with Gasteiger partial charge in [-0.2, -0.15) is 0 Å². The molecule has 0 N–H and O–H groups in total. The van der Waals surface area contributed by atoms with Crippen molar-refractivity contribution in [3.05, 3.63) is 41.6 Å². The third-order valence-corrected chi connectivity index (χ3v) is 6.78. The van der Waals surface area contributed by atoms with Crippen molar-refractivity contribution in [2.45, 2.75) is 85.6 Å². The van der Waals surface area contributed by atoms with Gasteiger partial charge in [-0.25, -0.2) is 9.48 Å². The fourth-order valence-corrected chi connectivity index (χ4v) is 4.69. The fraction of sp³-hybridized carbons (Fsp3) is 0.593. The van der Waals surface area contributed by atoms with Gasteiger partial charge in [0.1, 0.15) is 5.56 Å². The number of esters is 1. The molecule has 2 aromatic rings. The Labute approximate surface area is 198 Å². The van der Waals surface area contributed by atoms with Crippen molar-refractivity contribution in [2.75, 3.05) is 11.5 Å². The molecule has 1 aromatic heterocycles. The Morgan fingerprint density at radius 3 is 2.36 bits per heavy atom. The molecule has 1 aromatic carbocycles. The van der Waals surface area contributed by atoms with Gasteiger partial charge in [-0.3, -0.25) is 9.69 Å². The predicted octanol–water partition coefficient (Wildman–Crippen LogP) is 5.96. The van der Waals surface area contributed by atoms with Crippen LogP contribution in [0.4, 0.5) is 5.82 Å². The summed E-state index contributed by atoms with van der Waals surface area (Å²) in [6, 6.07) is 8.06. The summed E-state index contributed by atoms with van der Waals surface area (Å²) in [5, 5.41) is 4.79. The zero-order chi connectivity index (χ0) is 24.0. The lowest BCUT2D eigenvalue weighted by Crippen LogP contribution is -2.44. The molecule has 0 saturated heterocycles. The number of anilines is 1. The monoisotopic (exact) mass is 453 g/mol. The lowest BCUT2D eigenvalue weighted by atomic mass is 9.82. The third kappa shape index (κ3) is 5.84. The maximum Gasteiger partial charge on any atom is 0.343 e. The van der Waals surface area contributed by atoms with Gasteiger partial charge in [0.15, 0.2) is 5.82 Å². The van der Waals surface area contributed by atoms with Gasteiger partial charge in [0.2, 0.25) is 5.91 Å². The number of carbonyl (C=O) groups is 2. The first-order valence-electron chi connectivity index (χ1n) is 12.6. The summed E-state index contributed by atoms with van der Waals surface area (Å²) in [6.45, 7) is 10.6. The van der Waals surface area contributed by atoms with Crippen LogP contribution in [0.15, 0.2) is 30.5 Å². The Morgan fingerprint density at radius 2 is 1.79 bits per heavy atom. The molecule has 1 heterocycles. The van der Waals surface area contributed by atoms with Crippen LogP contribution in [0.2, 0.25) is 0 Å². The average Bonchev–Trinajstić information content (AvgIpc) is 3.25. The van der Waals surface area contributed by atoms with E-state index in [9.17, 15) is 9.59 Å². The van der Waals surface area contributed by atoms with Crippen molar-refractivity contribution in [2.24, 2.45) is 11.8 Å². The predicted molar refractivity (Wildman–Crippen MR) is 132 cm³/mol. The summed E-state index contributed by atoms with van der Waals surface area (Å²) >= 11 is 0. The first kappa shape index (κ1) is 25.0. The number of rotatable bonds is 9. The van der Waals surface area contributed by atoms with Crippen LogP contribution in [-0.4, -0.2) is 34.3 Å². The Balaban J connectivity index is 2.05. The number of nitrogens with zero attached hydrogens (tertiary/aromatic N) is 3. The van der Waals surface area contributed by atoms with Crippen molar-refractivity contribution in [3.8, 4) is 5.69 Å². The minimum absolute atomic E-state index is 0.0236. The Kier molecular flexibility index (Phi) is 8.70. The molecule has 1 saturated carbocycles. The van der Waals surface area contributed by atoms with E-state index in [4.69, 9.17) is 9.84 Å². The second-order valence-electron chi connectivity index (χ2n) is 9.35. The number of hydrogen-bond donors (Lipinski definition) is 0. The van der Waals surface area contributed by atoms with Crippen LogP contribution in [0.25, 0.3) is 5.69 Å². The first-order chi connectivity index (χ1) is 15.9. The summed E-state index contributed by atoms with van der Waals surface area (Å²) < 4.78 is 7.05. The second kappa shape index (κ2) is 11.5. The largest absolute Gasteiger partial charge is 0.462 e. The van der Waals surface area contributed by atoms with E-state index < -0.39 is 5.97 Å². The molecule has 3 rings (SSSR count). The van der Waals surface area contributed by atoms with Gasteiger partial charge >= 0.3 is 5.97 Å². The number of aryl methyl sites for hydroxylation is 1. The van der Waals surface area contributed by atoms with E-state index >= 15 is 0 Å². The zero-order valence-electron chi connectivity index (χ0n) is 20.8. The van der Waals surface area contributed by atoms with Crippen LogP contribution in [-0.2, 0) is 16.0 Å². The summed E-state index contributed by atoms with van der Waals surface area (Å²) in [6.07, 6.45) is 8.36. The van der Waals surface area contributed by atoms with Gasteiger partial charge in [-0.15, -0.1) is 5.10 Å². The molecule has 180 valence electrons. The van der Waals surface area contributed by atoms with E-state index in [1.165, 1.54) is 5.56 Å². The zero-order valence-corrected chi connectivity index (χ0v) is 20.8. The first-order valence-corrected chi connectivity index (χ1v) is 12.6. The van der Waals surface area contributed by atoms with Crippen LogP contribution in [0.1, 0.15) is 89.1 Å². The number of carbonyl (C=O) groups excluding carboxylic acids is 2. The molecule has 1 fully saturated rings. The van der Waals surface area contributed by atoms with Crippen LogP contribution in [0, 0.1) is 11.8 Å². The normalized spacial score (nSPS) is 19.2. The van der Waals surface area contributed by atoms with E-state index in [0.717, 1.165) is 50.6 Å². The van der Waals surface area contributed by atoms with Gasteiger partial charge in [0.25, 0.3) is 0 Å². The molecule has 0 aliphatic heterocycles. The molecule has 0 bridgehead atoms. The molecule has 0 spiro atoms. The van der Waals surface area contributed by atoms with E-state index in [1.807, 2.05) is 12.1 Å². The molecular weight excluding hydrogens is 414 g/mol.